The molecule has 8 heteroatoms. The van der Waals surface area contributed by atoms with Crippen LogP contribution in [0.25, 0.3) is 0 Å². The molecular formula is C11H17N5O2S. The highest BCUT2D eigenvalue weighted by atomic mass is 32.1. The van der Waals surface area contributed by atoms with E-state index in [9.17, 15) is 4.79 Å². The molecule has 1 amide bonds. The van der Waals surface area contributed by atoms with Crippen molar-refractivity contribution in [2.45, 2.75) is 18.4 Å². The van der Waals surface area contributed by atoms with E-state index in [1.165, 1.54) is 11.3 Å². The first-order valence-corrected chi connectivity index (χ1v) is 6.89. The fourth-order valence-corrected chi connectivity index (χ4v) is 2.68. The highest BCUT2D eigenvalue weighted by Gasteiger charge is 2.39. The number of piperidine rings is 1. The molecule has 1 fully saturated rings. The van der Waals surface area contributed by atoms with Gasteiger partial charge in [0.25, 0.3) is 5.91 Å². The van der Waals surface area contributed by atoms with Gasteiger partial charge in [-0.15, -0.1) is 11.3 Å². The molecule has 0 aliphatic carbocycles. The molecule has 0 saturated carbocycles. The molecule has 1 aromatic rings. The van der Waals surface area contributed by atoms with E-state index < -0.39 is 5.54 Å². The van der Waals surface area contributed by atoms with Crippen LogP contribution in [0.5, 0.6) is 0 Å². The Morgan fingerprint density at radius 1 is 1.63 bits per heavy atom. The van der Waals surface area contributed by atoms with E-state index in [4.69, 9.17) is 10.9 Å². The maximum atomic E-state index is 12.1. The summed E-state index contributed by atoms with van der Waals surface area (Å²) in [4.78, 5) is 18.2. The molecule has 2 heterocycles. The summed E-state index contributed by atoms with van der Waals surface area (Å²) in [6.45, 7) is 1.54. The zero-order valence-corrected chi connectivity index (χ0v) is 11.5. The Labute approximate surface area is 115 Å². The third-order valence-electron chi connectivity index (χ3n) is 3.46. The fraction of sp³-hybridized carbons (Fsp3) is 0.545. The number of hydrogen-bond donors (Lipinski definition) is 3. The number of thiazole rings is 1. The fourth-order valence-electron chi connectivity index (χ4n) is 2.15. The standard InChI is InChI=1S/C11H17N5O2S/c1-16-4-2-11(3-5-16,10(12)15-18)14-9(17)8-6-19-7-13-8/h6-7,18H,2-5H2,1H3,(H2,12,15)(H,14,17). The zero-order valence-electron chi connectivity index (χ0n) is 10.7. The summed E-state index contributed by atoms with van der Waals surface area (Å²) < 4.78 is 0. The quantitative estimate of drug-likeness (QED) is 0.315. The summed E-state index contributed by atoms with van der Waals surface area (Å²) in [5, 5.41) is 16.6. The predicted octanol–water partition coefficient (Wildman–Crippen LogP) is 0.0837. The number of amides is 1. The SMILES string of the molecule is CN1CCC(NC(=O)c2cscn2)(C(N)=NO)CC1. The summed E-state index contributed by atoms with van der Waals surface area (Å²) in [5.41, 5.74) is 6.94. The second-order valence-electron chi connectivity index (χ2n) is 4.70. The summed E-state index contributed by atoms with van der Waals surface area (Å²) >= 11 is 1.35. The lowest BCUT2D eigenvalue weighted by atomic mass is 9.86. The van der Waals surface area contributed by atoms with Crippen LogP contribution in [-0.2, 0) is 0 Å². The van der Waals surface area contributed by atoms with E-state index in [0.717, 1.165) is 13.1 Å². The molecule has 2 rings (SSSR count). The number of aromatic nitrogens is 1. The summed E-state index contributed by atoms with van der Waals surface area (Å²) in [6, 6.07) is 0. The number of likely N-dealkylation sites (tertiary alicyclic amines) is 1. The van der Waals surface area contributed by atoms with Crippen molar-refractivity contribution >= 4 is 23.1 Å². The van der Waals surface area contributed by atoms with Gasteiger partial charge in [0, 0.05) is 18.5 Å². The van der Waals surface area contributed by atoms with Crippen LogP contribution < -0.4 is 11.1 Å². The van der Waals surface area contributed by atoms with Crippen LogP contribution in [0.1, 0.15) is 23.3 Å². The number of carbonyl (C=O) groups excluding carboxylic acids is 1. The molecule has 4 N–H and O–H groups in total. The van der Waals surface area contributed by atoms with Crippen molar-refractivity contribution in [2.24, 2.45) is 10.9 Å². The number of nitrogens with two attached hydrogens (primary N) is 1. The van der Waals surface area contributed by atoms with E-state index in [2.05, 4.69) is 20.4 Å². The van der Waals surface area contributed by atoms with Gasteiger partial charge < -0.3 is 21.2 Å². The Bertz CT molecular complexity index is 465. The molecular weight excluding hydrogens is 266 g/mol. The number of carbonyl (C=O) groups is 1. The van der Waals surface area contributed by atoms with Gasteiger partial charge in [-0.2, -0.15) is 0 Å². The Morgan fingerprint density at radius 2 is 2.32 bits per heavy atom. The molecule has 0 aromatic carbocycles. The van der Waals surface area contributed by atoms with Gasteiger partial charge in [0.2, 0.25) is 0 Å². The number of nitrogens with zero attached hydrogens (tertiary/aromatic N) is 3. The van der Waals surface area contributed by atoms with Gasteiger partial charge in [0.05, 0.1) is 5.51 Å². The van der Waals surface area contributed by atoms with Gasteiger partial charge in [-0.1, -0.05) is 5.16 Å². The summed E-state index contributed by atoms with van der Waals surface area (Å²) in [6.07, 6.45) is 1.21. The van der Waals surface area contributed by atoms with Crippen molar-refractivity contribution in [3.8, 4) is 0 Å². The van der Waals surface area contributed by atoms with Gasteiger partial charge >= 0.3 is 0 Å². The molecule has 1 aromatic heterocycles. The Kier molecular flexibility index (Phi) is 4.01. The van der Waals surface area contributed by atoms with Crippen molar-refractivity contribution in [1.29, 1.82) is 0 Å². The van der Waals surface area contributed by atoms with Crippen LogP contribution in [0.3, 0.4) is 0 Å². The smallest absolute Gasteiger partial charge is 0.271 e. The van der Waals surface area contributed by atoms with Crippen molar-refractivity contribution in [3.05, 3.63) is 16.6 Å². The van der Waals surface area contributed by atoms with Gasteiger partial charge in [-0.25, -0.2) is 4.98 Å². The van der Waals surface area contributed by atoms with E-state index in [-0.39, 0.29) is 11.7 Å². The van der Waals surface area contributed by atoms with Gasteiger partial charge in [0.15, 0.2) is 5.84 Å². The second kappa shape index (κ2) is 5.54. The molecule has 0 radical (unpaired) electrons. The molecule has 7 nitrogen and oxygen atoms in total. The van der Waals surface area contributed by atoms with Crippen LogP contribution in [0.2, 0.25) is 0 Å². The molecule has 0 bridgehead atoms. The maximum absolute atomic E-state index is 12.1. The zero-order chi connectivity index (χ0) is 13.9. The number of amidine groups is 1. The third kappa shape index (κ3) is 2.85. The van der Waals surface area contributed by atoms with Crippen LogP contribution >= 0.6 is 11.3 Å². The highest BCUT2D eigenvalue weighted by Crippen LogP contribution is 2.22. The second-order valence-corrected chi connectivity index (χ2v) is 5.42. The average molecular weight is 283 g/mol. The normalized spacial score (nSPS) is 20.2. The number of hydrogen-bond acceptors (Lipinski definition) is 6. The molecule has 0 atom stereocenters. The van der Waals surface area contributed by atoms with Crippen LogP contribution in [-0.4, -0.2) is 52.5 Å². The summed E-state index contributed by atoms with van der Waals surface area (Å²) in [5.74, 6) is -0.249. The molecule has 1 aliphatic rings. The largest absolute Gasteiger partial charge is 0.409 e. The first kappa shape index (κ1) is 13.8. The molecule has 1 aliphatic heterocycles. The van der Waals surface area contributed by atoms with Gasteiger partial charge in [0.1, 0.15) is 11.2 Å². The van der Waals surface area contributed by atoms with Crippen molar-refractivity contribution < 1.29 is 10.0 Å². The first-order valence-electron chi connectivity index (χ1n) is 5.95. The maximum Gasteiger partial charge on any atom is 0.271 e. The van der Waals surface area contributed by atoms with Gasteiger partial charge in [-0.05, 0) is 19.9 Å². The molecule has 0 unspecified atom stereocenters. The van der Waals surface area contributed by atoms with Crippen molar-refractivity contribution in [2.75, 3.05) is 20.1 Å². The molecule has 19 heavy (non-hydrogen) atoms. The Balaban J connectivity index is 2.17. The number of oxime groups is 1. The molecule has 0 spiro atoms. The monoisotopic (exact) mass is 283 g/mol. The minimum atomic E-state index is -0.790. The lowest BCUT2D eigenvalue weighted by molar-refractivity contribution is 0.0882. The van der Waals surface area contributed by atoms with E-state index in [1.807, 2.05) is 7.05 Å². The Morgan fingerprint density at radius 3 is 2.84 bits per heavy atom. The average Bonchev–Trinajstić information content (AvgIpc) is 2.95. The highest BCUT2D eigenvalue weighted by molar-refractivity contribution is 7.07. The number of nitrogens with one attached hydrogen (secondary N) is 1. The summed E-state index contributed by atoms with van der Waals surface area (Å²) in [7, 11) is 2.00. The topological polar surface area (TPSA) is 104 Å². The molecule has 104 valence electrons. The predicted molar refractivity (Wildman–Crippen MR) is 72.5 cm³/mol. The third-order valence-corrected chi connectivity index (χ3v) is 4.04. The van der Waals surface area contributed by atoms with E-state index >= 15 is 0 Å². The lowest BCUT2D eigenvalue weighted by Crippen LogP contribution is -2.62. The van der Waals surface area contributed by atoms with Crippen LogP contribution in [0.15, 0.2) is 16.0 Å². The van der Waals surface area contributed by atoms with Crippen molar-refractivity contribution in [3.63, 3.8) is 0 Å². The molecule has 1 saturated heterocycles. The number of rotatable bonds is 3. The minimum Gasteiger partial charge on any atom is -0.409 e. The van der Waals surface area contributed by atoms with Gasteiger partial charge in [-0.3, -0.25) is 4.79 Å². The first-order chi connectivity index (χ1) is 9.07. The van der Waals surface area contributed by atoms with E-state index in [0.29, 0.717) is 18.5 Å². The van der Waals surface area contributed by atoms with E-state index in [1.54, 1.807) is 10.9 Å². The van der Waals surface area contributed by atoms with Crippen molar-refractivity contribution in [1.82, 2.24) is 15.2 Å². The Hall–Kier alpha value is -1.67. The van der Waals surface area contributed by atoms with Crippen LogP contribution in [0, 0.1) is 0 Å². The van der Waals surface area contributed by atoms with Crippen LogP contribution in [0.4, 0.5) is 0 Å². The minimum absolute atomic E-state index is 0.0455. The lowest BCUT2D eigenvalue weighted by Gasteiger charge is -2.39.